The van der Waals surface area contributed by atoms with Gasteiger partial charge in [0.25, 0.3) is 0 Å². The fourth-order valence-corrected chi connectivity index (χ4v) is 1.30. The van der Waals surface area contributed by atoms with Crippen LogP contribution in [-0.2, 0) is 0 Å². The van der Waals surface area contributed by atoms with Crippen molar-refractivity contribution >= 4 is 6.08 Å². The molecule has 1 aromatic rings. The Morgan fingerprint density at radius 1 is 1.18 bits per heavy atom. The molecular formula is C11H10. The third kappa shape index (κ3) is 1.35. The lowest BCUT2D eigenvalue weighted by Gasteiger charge is -1.99. The minimum Gasteiger partial charge on any atom is -0.0839 e. The first-order valence-corrected chi connectivity index (χ1v) is 3.96. The average Bonchev–Trinajstić information content (AvgIpc) is 2.28. The monoisotopic (exact) mass is 142 g/mol. The lowest BCUT2D eigenvalue weighted by atomic mass is 10.1. The summed E-state index contributed by atoms with van der Waals surface area (Å²) >= 11 is 0. The molecule has 2 rings (SSSR count). The summed E-state index contributed by atoms with van der Waals surface area (Å²) in [7, 11) is 0. The molecule has 0 atom stereocenters. The van der Waals surface area contributed by atoms with Crippen LogP contribution in [0.4, 0.5) is 0 Å². The van der Waals surface area contributed by atoms with E-state index in [4.69, 9.17) is 0 Å². The number of allylic oxidation sites excluding steroid dienone is 1. The van der Waals surface area contributed by atoms with Gasteiger partial charge >= 0.3 is 0 Å². The Labute approximate surface area is 67.6 Å². The molecule has 1 aromatic carbocycles. The van der Waals surface area contributed by atoms with E-state index in [0.717, 1.165) is 12.8 Å². The summed E-state index contributed by atoms with van der Waals surface area (Å²) in [4.78, 5) is 0. The molecule has 0 heteroatoms. The van der Waals surface area contributed by atoms with Gasteiger partial charge in [0.05, 0.1) is 0 Å². The fraction of sp³-hybridized carbons (Fsp3) is 0.182. The van der Waals surface area contributed by atoms with Crippen molar-refractivity contribution in [2.24, 2.45) is 0 Å². The number of hydrogen-bond donors (Lipinski definition) is 0. The van der Waals surface area contributed by atoms with Crippen molar-refractivity contribution in [2.75, 3.05) is 0 Å². The molecule has 0 aliphatic heterocycles. The first kappa shape index (κ1) is 6.66. The quantitative estimate of drug-likeness (QED) is 0.522. The van der Waals surface area contributed by atoms with Gasteiger partial charge in [-0.25, -0.2) is 0 Å². The molecule has 0 N–H and O–H groups in total. The van der Waals surface area contributed by atoms with Gasteiger partial charge in [0.1, 0.15) is 0 Å². The SMILES string of the molecule is [C]1CCC=Cc2ccccc21. The highest BCUT2D eigenvalue weighted by Crippen LogP contribution is 2.19. The smallest absolute Gasteiger partial charge is 0.0174 e. The topological polar surface area (TPSA) is 0 Å². The summed E-state index contributed by atoms with van der Waals surface area (Å²) in [5, 5.41) is 0. The molecule has 0 nitrogen and oxygen atoms in total. The Morgan fingerprint density at radius 3 is 3.09 bits per heavy atom. The number of benzene rings is 1. The van der Waals surface area contributed by atoms with Gasteiger partial charge < -0.3 is 0 Å². The first-order chi connectivity index (χ1) is 5.47. The van der Waals surface area contributed by atoms with Crippen LogP contribution in [0.2, 0.25) is 0 Å². The van der Waals surface area contributed by atoms with Gasteiger partial charge in [-0.2, -0.15) is 0 Å². The summed E-state index contributed by atoms with van der Waals surface area (Å²) < 4.78 is 0. The van der Waals surface area contributed by atoms with E-state index in [1.165, 1.54) is 11.1 Å². The van der Waals surface area contributed by atoms with Gasteiger partial charge in [-0.05, 0) is 24.0 Å². The maximum Gasteiger partial charge on any atom is 0.0174 e. The molecule has 0 spiro atoms. The van der Waals surface area contributed by atoms with Crippen LogP contribution < -0.4 is 0 Å². The minimum atomic E-state index is 1.05. The van der Waals surface area contributed by atoms with Gasteiger partial charge in [0.15, 0.2) is 0 Å². The van der Waals surface area contributed by atoms with Crippen molar-refractivity contribution in [3.8, 4) is 0 Å². The molecule has 11 heavy (non-hydrogen) atoms. The van der Waals surface area contributed by atoms with Crippen LogP contribution in [0.25, 0.3) is 6.08 Å². The molecular weight excluding hydrogens is 132 g/mol. The average molecular weight is 142 g/mol. The third-order valence-corrected chi connectivity index (χ3v) is 1.88. The molecule has 1 aliphatic rings. The highest BCUT2D eigenvalue weighted by atomic mass is 14.1. The summed E-state index contributed by atoms with van der Waals surface area (Å²) in [5.41, 5.74) is 2.55. The van der Waals surface area contributed by atoms with Crippen LogP contribution in [0.3, 0.4) is 0 Å². The second-order valence-electron chi connectivity index (χ2n) is 2.71. The van der Waals surface area contributed by atoms with Crippen molar-refractivity contribution in [3.05, 3.63) is 47.9 Å². The number of fused-ring (bicyclic) bond motifs is 1. The van der Waals surface area contributed by atoms with Gasteiger partial charge in [0, 0.05) is 6.42 Å². The molecule has 1 aliphatic carbocycles. The van der Waals surface area contributed by atoms with Gasteiger partial charge in [0.2, 0.25) is 0 Å². The lowest BCUT2D eigenvalue weighted by molar-refractivity contribution is 1.00. The fourth-order valence-electron chi connectivity index (χ4n) is 1.30. The summed E-state index contributed by atoms with van der Waals surface area (Å²) in [6, 6.07) is 8.37. The molecule has 0 unspecified atom stereocenters. The van der Waals surface area contributed by atoms with Crippen molar-refractivity contribution < 1.29 is 0 Å². The summed E-state index contributed by atoms with van der Waals surface area (Å²) in [6.07, 6.45) is 9.91. The van der Waals surface area contributed by atoms with E-state index in [1.807, 2.05) is 0 Å². The first-order valence-electron chi connectivity index (χ1n) is 3.96. The molecule has 0 heterocycles. The Balaban J connectivity index is 2.45. The van der Waals surface area contributed by atoms with Crippen LogP contribution in [-0.4, -0.2) is 0 Å². The molecule has 0 aromatic heterocycles. The third-order valence-electron chi connectivity index (χ3n) is 1.88. The molecule has 0 saturated carbocycles. The molecule has 54 valence electrons. The predicted octanol–water partition coefficient (Wildman–Crippen LogP) is 2.92. The van der Waals surface area contributed by atoms with Crippen LogP contribution in [0.15, 0.2) is 30.3 Å². The van der Waals surface area contributed by atoms with E-state index in [1.54, 1.807) is 0 Å². The second-order valence-corrected chi connectivity index (χ2v) is 2.71. The van der Waals surface area contributed by atoms with E-state index < -0.39 is 0 Å². The zero-order chi connectivity index (χ0) is 7.52. The molecule has 0 bridgehead atoms. The highest BCUT2D eigenvalue weighted by Gasteiger charge is 2.01. The summed E-state index contributed by atoms with van der Waals surface area (Å²) in [5.74, 6) is 0. The van der Waals surface area contributed by atoms with Crippen molar-refractivity contribution in [3.63, 3.8) is 0 Å². The van der Waals surface area contributed by atoms with E-state index in [9.17, 15) is 0 Å². The molecule has 0 amide bonds. The number of hydrogen-bond acceptors (Lipinski definition) is 0. The Bertz CT molecular complexity index is 271. The van der Waals surface area contributed by atoms with E-state index in [-0.39, 0.29) is 0 Å². The minimum absolute atomic E-state index is 1.05. The zero-order valence-corrected chi connectivity index (χ0v) is 6.38. The maximum absolute atomic E-state index is 3.36. The highest BCUT2D eigenvalue weighted by molar-refractivity contribution is 5.56. The van der Waals surface area contributed by atoms with E-state index in [2.05, 4.69) is 42.8 Å². The predicted molar refractivity (Wildman–Crippen MR) is 47.1 cm³/mol. The van der Waals surface area contributed by atoms with E-state index in [0.29, 0.717) is 0 Å². The van der Waals surface area contributed by atoms with Gasteiger partial charge in [-0.1, -0.05) is 36.4 Å². The van der Waals surface area contributed by atoms with Crippen molar-refractivity contribution in [2.45, 2.75) is 12.8 Å². The van der Waals surface area contributed by atoms with Crippen molar-refractivity contribution in [1.29, 1.82) is 0 Å². The van der Waals surface area contributed by atoms with E-state index >= 15 is 0 Å². The normalized spacial score (nSPS) is 15.6. The zero-order valence-electron chi connectivity index (χ0n) is 6.38. The number of rotatable bonds is 0. The Hall–Kier alpha value is -1.04. The Morgan fingerprint density at radius 2 is 2.09 bits per heavy atom. The second kappa shape index (κ2) is 2.91. The van der Waals surface area contributed by atoms with Crippen LogP contribution in [0.1, 0.15) is 24.0 Å². The standard InChI is InChI=1S/C11H10/c1-2-6-10-8-4-5-9-11(10)7-3-1/h2,4-6,8-9H,1,3H2. The van der Waals surface area contributed by atoms with Crippen LogP contribution in [0.5, 0.6) is 0 Å². The van der Waals surface area contributed by atoms with Crippen molar-refractivity contribution in [1.82, 2.24) is 0 Å². The molecule has 2 radical (unpaired) electrons. The molecule has 0 fully saturated rings. The summed E-state index contributed by atoms with van der Waals surface area (Å²) in [6.45, 7) is 0. The largest absolute Gasteiger partial charge is 0.0839 e. The maximum atomic E-state index is 3.36. The van der Waals surface area contributed by atoms with Gasteiger partial charge in [-0.15, -0.1) is 0 Å². The lowest BCUT2D eigenvalue weighted by Crippen LogP contribution is -1.82. The van der Waals surface area contributed by atoms with Crippen LogP contribution >= 0.6 is 0 Å². The van der Waals surface area contributed by atoms with Gasteiger partial charge in [-0.3, -0.25) is 0 Å². The Kier molecular flexibility index (Phi) is 1.76. The van der Waals surface area contributed by atoms with Crippen LogP contribution in [0, 0.1) is 6.42 Å². The molecule has 0 saturated heterocycles.